The molecule has 5 rings (SSSR count). The normalized spacial score (nSPS) is 14.4. The smallest absolute Gasteiger partial charge is 0.112 e. The van der Waals surface area contributed by atoms with E-state index in [0.717, 1.165) is 25.2 Å². The van der Waals surface area contributed by atoms with Crippen molar-refractivity contribution >= 4 is 33.8 Å². The summed E-state index contributed by atoms with van der Waals surface area (Å²) in [6.45, 7) is 9.47. The van der Waals surface area contributed by atoms with E-state index in [4.69, 9.17) is 4.98 Å². The second-order valence-corrected chi connectivity index (χ2v) is 9.54. The minimum atomic E-state index is 0.579. The van der Waals surface area contributed by atoms with Crippen LogP contribution < -0.4 is 9.80 Å². The number of para-hydroxylation sites is 2. The number of fused-ring (bicyclic) bond motifs is 1. The second-order valence-electron chi connectivity index (χ2n) is 9.54. The molecule has 3 aromatic carbocycles. The molecule has 0 radical (unpaired) electrons. The SMILES string of the molecule is CCN(c1ccccc1)c1cc2nc(C3CCCCC3)n(CC)c2cc1N(CC)c1ccccc1. The molecule has 1 heterocycles. The van der Waals surface area contributed by atoms with Gasteiger partial charge in [0.15, 0.2) is 0 Å². The quantitative estimate of drug-likeness (QED) is 0.260. The predicted molar refractivity (Wildman–Crippen MR) is 149 cm³/mol. The molecule has 4 heteroatoms. The number of aryl methyl sites for hydroxylation is 1. The van der Waals surface area contributed by atoms with Gasteiger partial charge in [0, 0.05) is 36.9 Å². The van der Waals surface area contributed by atoms with Crippen LogP contribution in [0.1, 0.15) is 64.6 Å². The van der Waals surface area contributed by atoms with Gasteiger partial charge in [-0.3, -0.25) is 0 Å². The predicted octanol–water partition coefficient (Wildman–Crippen LogP) is 8.42. The Kier molecular flexibility index (Phi) is 7.08. The molecule has 0 saturated heterocycles. The van der Waals surface area contributed by atoms with Gasteiger partial charge in [0.05, 0.1) is 22.4 Å². The van der Waals surface area contributed by atoms with Gasteiger partial charge in [0.25, 0.3) is 0 Å². The van der Waals surface area contributed by atoms with Crippen LogP contribution in [-0.4, -0.2) is 22.6 Å². The number of hydrogen-bond acceptors (Lipinski definition) is 3. The van der Waals surface area contributed by atoms with Gasteiger partial charge in [-0.1, -0.05) is 55.7 Å². The Morgan fingerprint density at radius 2 is 1.29 bits per heavy atom. The molecular weight excluding hydrogens is 428 g/mol. The minimum Gasteiger partial charge on any atom is -0.340 e. The molecule has 1 aliphatic carbocycles. The van der Waals surface area contributed by atoms with E-state index in [0.29, 0.717) is 5.92 Å². The zero-order valence-corrected chi connectivity index (χ0v) is 21.5. The highest BCUT2D eigenvalue weighted by Gasteiger charge is 2.25. The van der Waals surface area contributed by atoms with Gasteiger partial charge >= 0.3 is 0 Å². The van der Waals surface area contributed by atoms with Crippen LogP contribution in [0.15, 0.2) is 72.8 Å². The summed E-state index contributed by atoms with van der Waals surface area (Å²) < 4.78 is 2.48. The number of hydrogen-bond donors (Lipinski definition) is 0. The first-order valence-corrected chi connectivity index (χ1v) is 13.4. The van der Waals surface area contributed by atoms with Gasteiger partial charge in [-0.2, -0.15) is 0 Å². The number of imidazole rings is 1. The molecule has 1 aromatic heterocycles. The lowest BCUT2D eigenvalue weighted by atomic mass is 9.88. The number of anilines is 4. The van der Waals surface area contributed by atoms with Crippen molar-refractivity contribution < 1.29 is 0 Å². The average molecular weight is 467 g/mol. The fraction of sp³-hybridized carbons (Fsp3) is 0.387. The number of nitrogens with zero attached hydrogens (tertiary/aromatic N) is 4. The minimum absolute atomic E-state index is 0.579. The highest BCUT2D eigenvalue weighted by molar-refractivity contribution is 5.93. The Morgan fingerprint density at radius 1 is 0.743 bits per heavy atom. The highest BCUT2D eigenvalue weighted by Crippen LogP contribution is 2.42. The lowest BCUT2D eigenvalue weighted by molar-refractivity contribution is 0.419. The molecule has 0 amide bonds. The standard InChI is InChI=1S/C31H38N4/c1-4-33(25-18-12-8-13-19-25)29-22-27-28(23-30(29)34(5-2)26-20-14-9-15-21-26)35(6-3)31(32-27)24-16-10-7-11-17-24/h8-9,12-15,18-24H,4-7,10-11,16-17H2,1-3H3. The van der Waals surface area contributed by atoms with E-state index in [1.807, 2.05) is 0 Å². The van der Waals surface area contributed by atoms with Crippen LogP contribution in [0.5, 0.6) is 0 Å². The summed E-state index contributed by atoms with van der Waals surface area (Å²) in [5.41, 5.74) is 7.25. The van der Waals surface area contributed by atoms with Gasteiger partial charge in [0.2, 0.25) is 0 Å². The Morgan fingerprint density at radius 3 is 1.80 bits per heavy atom. The Bertz CT molecular complexity index is 1240. The van der Waals surface area contributed by atoms with Gasteiger partial charge in [-0.05, 0) is 70.0 Å². The maximum absolute atomic E-state index is 5.29. The van der Waals surface area contributed by atoms with Crippen molar-refractivity contribution in [3.8, 4) is 0 Å². The van der Waals surface area contributed by atoms with Gasteiger partial charge in [-0.25, -0.2) is 4.98 Å². The van der Waals surface area contributed by atoms with E-state index < -0.39 is 0 Å². The van der Waals surface area contributed by atoms with Crippen molar-refractivity contribution in [2.45, 2.75) is 65.3 Å². The van der Waals surface area contributed by atoms with E-state index in [1.165, 1.54) is 66.2 Å². The van der Waals surface area contributed by atoms with Gasteiger partial charge in [-0.15, -0.1) is 0 Å². The van der Waals surface area contributed by atoms with E-state index >= 15 is 0 Å². The molecule has 0 bridgehead atoms. The van der Waals surface area contributed by atoms with Gasteiger partial charge in [0.1, 0.15) is 5.82 Å². The molecule has 4 aromatic rings. The van der Waals surface area contributed by atoms with Crippen LogP contribution in [0.4, 0.5) is 22.7 Å². The van der Waals surface area contributed by atoms with Crippen LogP contribution in [-0.2, 0) is 6.54 Å². The molecule has 4 nitrogen and oxygen atoms in total. The van der Waals surface area contributed by atoms with E-state index in [-0.39, 0.29) is 0 Å². The third-order valence-corrected chi connectivity index (χ3v) is 7.51. The molecule has 1 saturated carbocycles. The summed E-state index contributed by atoms with van der Waals surface area (Å²) in [5, 5.41) is 0. The Hall–Kier alpha value is -3.27. The number of rotatable bonds is 8. The molecule has 0 unspecified atom stereocenters. The van der Waals surface area contributed by atoms with Crippen LogP contribution in [0.25, 0.3) is 11.0 Å². The molecule has 35 heavy (non-hydrogen) atoms. The highest BCUT2D eigenvalue weighted by atomic mass is 15.2. The van der Waals surface area contributed by atoms with Crippen molar-refractivity contribution in [2.24, 2.45) is 0 Å². The van der Waals surface area contributed by atoms with Crippen molar-refractivity contribution in [2.75, 3.05) is 22.9 Å². The summed E-state index contributed by atoms with van der Waals surface area (Å²) in [5.74, 6) is 1.87. The zero-order valence-electron chi connectivity index (χ0n) is 21.5. The maximum Gasteiger partial charge on any atom is 0.112 e. The van der Waals surface area contributed by atoms with Crippen LogP contribution >= 0.6 is 0 Å². The fourth-order valence-electron chi connectivity index (χ4n) is 5.80. The molecule has 0 spiro atoms. The lowest BCUT2D eigenvalue weighted by Gasteiger charge is -2.32. The average Bonchev–Trinajstić information content (AvgIpc) is 3.29. The molecule has 0 N–H and O–H groups in total. The molecule has 1 aliphatic rings. The number of aromatic nitrogens is 2. The number of benzene rings is 3. The third kappa shape index (κ3) is 4.54. The maximum atomic E-state index is 5.29. The molecule has 0 aliphatic heterocycles. The first kappa shape index (κ1) is 23.5. The zero-order chi connectivity index (χ0) is 24.2. The summed E-state index contributed by atoms with van der Waals surface area (Å²) in [4.78, 5) is 10.2. The van der Waals surface area contributed by atoms with Crippen molar-refractivity contribution in [1.82, 2.24) is 9.55 Å². The second kappa shape index (κ2) is 10.6. The van der Waals surface area contributed by atoms with E-state index in [9.17, 15) is 0 Å². The summed E-state index contributed by atoms with van der Waals surface area (Å²) in [6.07, 6.45) is 6.54. The van der Waals surface area contributed by atoms with Crippen molar-refractivity contribution in [3.05, 3.63) is 78.6 Å². The first-order chi connectivity index (χ1) is 17.2. The fourth-order valence-corrected chi connectivity index (χ4v) is 5.80. The van der Waals surface area contributed by atoms with Gasteiger partial charge < -0.3 is 14.4 Å². The Balaban J connectivity index is 1.73. The van der Waals surface area contributed by atoms with Crippen molar-refractivity contribution in [3.63, 3.8) is 0 Å². The topological polar surface area (TPSA) is 24.3 Å². The van der Waals surface area contributed by atoms with E-state index in [1.54, 1.807) is 0 Å². The Labute approximate surface area is 210 Å². The van der Waals surface area contributed by atoms with E-state index in [2.05, 4.69) is 108 Å². The van der Waals surface area contributed by atoms with Crippen molar-refractivity contribution in [1.29, 1.82) is 0 Å². The van der Waals surface area contributed by atoms with Crippen LogP contribution in [0.3, 0.4) is 0 Å². The van der Waals surface area contributed by atoms with Crippen LogP contribution in [0.2, 0.25) is 0 Å². The largest absolute Gasteiger partial charge is 0.340 e. The molecular formula is C31H38N4. The third-order valence-electron chi connectivity index (χ3n) is 7.51. The molecule has 182 valence electrons. The molecule has 0 atom stereocenters. The monoisotopic (exact) mass is 466 g/mol. The first-order valence-electron chi connectivity index (χ1n) is 13.4. The summed E-state index contributed by atoms with van der Waals surface area (Å²) >= 11 is 0. The lowest BCUT2D eigenvalue weighted by Crippen LogP contribution is -2.22. The van der Waals surface area contributed by atoms with Crippen LogP contribution in [0, 0.1) is 0 Å². The molecule has 1 fully saturated rings. The summed E-state index contributed by atoms with van der Waals surface area (Å²) in [7, 11) is 0. The summed E-state index contributed by atoms with van der Waals surface area (Å²) in [6, 6.07) is 26.2.